The average molecular weight is 910 g/mol. The molecular weight excluding hydrogens is 839 g/mol. The average Bonchev–Trinajstić information content (AvgIpc) is 3.15. The van der Waals surface area contributed by atoms with Crippen LogP contribution in [0.15, 0.2) is 58.5 Å². The van der Waals surface area contributed by atoms with Crippen molar-refractivity contribution >= 4 is 35.1 Å². The molecular formula is C52H70N2NiO8. The van der Waals surface area contributed by atoms with E-state index in [4.69, 9.17) is 19.5 Å². The summed E-state index contributed by atoms with van der Waals surface area (Å²) in [6.45, 7) is 36.1. The Morgan fingerprint density at radius 3 is 0.952 bits per heavy atom. The summed E-state index contributed by atoms with van der Waals surface area (Å²) in [5.41, 5.74) is 13.7. The van der Waals surface area contributed by atoms with Crippen LogP contribution in [0.1, 0.15) is 188 Å². The summed E-state index contributed by atoms with van der Waals surface area (Å²) < 4.78 is 9.44. The second-order valence-corrected chi connectivity index (χ2v) is 17.8. The fourth-order valence-corrected chi connectivity index (χ4v) is 7.28. The van der Waals surface area contributed by atoms with Gasteiger partial charge in [0, 0.05) is 11.1 Å². The Morgan fingerprint density at radius 2 is 0.746 bits per heavy atom. The van der Waals surface area contributed by atoms with Crippen LogP contribution < -0.4 is 19.7 Å². The minimum absolute atomic E-state index is 0. The van der Waals surface area contributed by atoms with Gasteiger partial charge in [0.25, 0.3) is 12.3 Å². The first kappa shape index (κ1) is 55.9. The molecule has 0 saturated heterocycles. The molecule has 11 heteroatoms. The minimum atomic E-state index is -1.66. The van der Waals surface area contributed by atoms with Crippen molar-refractivity contribution in [3.05, 3.63) is 104 Å². The maximum absolute atomic E-state index is 10.8. The second-order valence-electron chi connectivity index (χ2n) is 17.8. The predicted molar refractivity (Wildman–Crippen MR) is 250 cm³/mol. The van der Waals surface area contributed by atoms with Crippen molar-refractivity contribution in [1.29, 1.82) is 0 Å². The van der Waals surface area contributed by atoms with E-state index in [-0.39, 0.29) is 75.0 Å². The van der Waals surface area contributed by atoms with Crippen LogP contribution in [-0.2, 0) is 16.5 Å². The van der Waals surface area contributed by atoms with Gasteiger partial charge in [0.15, 0.2) is 0 Å². The van der Waals surface area contributed by atoms with Crippen molar-refractivity contribution in [2.75, 3.05) is 0 Å². The third-order valence-electron chi connectivity index (χ3n) is 10.7. The molecule has 0 aliphatic heterocycles. The molecule has 0 aliphatic rings. The monoisotopic (exact) mass is 908 g/mol. The topological polar surface area (TPSA) is 164 Å². The third-order valence-corrected chi connectivity index (χ3v) is 10.7. The number of carboxylic acid groups (broad SMARTS) is 2. The van der Waals surface area contributed by atoms with Crippen LogP contribution >= 0.6 is 0 Å². The van der Waals surface area contributed by atoms with E-state index < -0.39 is 12.3 Å². The van der Waals surface area contributed by atoms with E-state index in [9.17, 15) is 30.0 Å². The molecule has 4 rings (SSSR count). The number of carbonyl (C=O) groups excluding carboxylic acids is 2. The predicted octanol–water partition coefficient (Wildman–Crippen LogP) is 12.8. The molecule has 4 aromatic carbocycles. The molecule has 0 radical (unpaired) electrons. The first-order valence-electron chi connectivity index (χ1n) is 21.5. The Balaban J connectivity index is 0.000000470. The van der Waals surface area contributed by atoms with Gasteiger partial charge in [0.1, 0.15) is 11.5 Å². The molecule has 0 aliphatic carbocycles. The third kappa shape index (κ3) is 15.0. The molecule has 0 atom stereocenters. The number of hydrogen-bond donors (Lipinski definition) is 2. The van der Waals surface area contributed by atoms with Gasteiger partial charge in [0.05, 0.1) is 34.3 Å². The molecule has 63 heavy (non-hydrogen) atoms. The second kappa shape index (κ2) is 24.6. The number of nitrogens with zero attached hydrogens (tertiary/aromatic N) is 2. The van der Waals surface area contributed by atoms with Gasteiger partial charge in [-0.15, -0.1) is 0 Å². The first-order valence-corrected chi connectivity index (χ1v) is 21.5. The number of rotatable bonds is 11. The number of phenols is 2. The molecule has 0 spiro atoms. The Labute approximate surface area is 386 Å². The molecule has 346 valence electrons. The number of aryl methyl sites for hydroxylation is 4. The summed E-state index contributed by atoms with van der Waals surface area (Å²) >= 11 is 0. The van der Waals surface area contributed by atoms with Crippen molar-refractivity contribution in [3.8, 4) is 23.0 Å². The molecule has 0 saturated carbocycles. The van der Waals surface area contributed by atoms with Crippen LogP contribution in [0.5, 0.6) is 23.0 Å². The first-order chi connectivity index (χ1) is 28.7. The molecule has 2 N–H and O–H groups in total. The number of para-hydroxylation sites is 2. The van der Waals surface area contributed by atoms with Crippen LogP contribution in [0.3, 0.4) is 0 Å². The molecule has 0 fully saturated rings. The van der Waals surface area contributed by atoms with Crippen LogP contribution in [0.4, 0.5) is 21.0 Å². The summed E-state index contributed by atoms with van der Waals surface area (Å²) in [5, 5.41) is 42.4. The van der Waals surface area contributed by atoms with Crippen LogP contribution in [-0.4, -0.2) is 33.9 Å². The Kier molecular flexibility index (Phi) is 21.8. The number of ether oxygens (including phenoxy) is 2. The van der Waals surface area contributed by atoms with Crippen molar-refractivity contribution in [2.45, 2.75) is 160 Å². The fourth-order valence-electron chi connectivity index (χ4n) is 7.28. The summed E-state index contributed by atoms with van der Waals surface area (Å²) in [5.74, 6) is 0.512. The van der Waals surface area contributed by atoms with E-state index in [1.54, 1.807) is 0 Å². The number of benzene rings is 4. The van der Waals surface area contributed by atoms with Gasteiger partial charge in [-0.2, -0.15) is 0 Å². The zero-order valence-corrected chi connectivity index (χ0v) is 41.6. The molecule has 0 heterocycles. The van der Waals surface area contributed by atoms with E-state index in [1.165, 1.54) is 22.3 Å². The molecule has 10 nitrogen and oxygen atoms in total. The number of hydrogen-bond acceptors (Lipinski definition) is 10. The fraction of sp³-hybridized carbons (Fsp3) is 0.462. The van der Waals surface area contributed by atoms with E-state index >= 15 is 0 Å². The molecule has 4 aromatic rings. The maximum atomic E-state index is 10.8. The normalized spacial score (nSPS) is 11.7. The zero-order chi connectivity index (χ0) is 47.5. The number of carbonyl (C=O) groups is 2. The van der Waals surface area contributed by atoms with Gasteiger partial charge >= 0.3 is 16.5 Å². The van der Waals surface area contributed by atoms with Gasteiger partial charge < -0.3 is 39.5 Å². The van der Waals surface area contributed by atoms with E-state index in [0.717, 1.165) is 45.1 Å². The van der Waals surface area contributed by atoms with Gasteiger partial charge in [-0.25, -0.2) is 0 Å². The largest absolute Gasteiger partial charge is 2.00 e. The van der Waals surface area contributed by atoms with Crippen molar-refractivity contribution in [1.82, 2.24) is 0 Å². The van der Waals surface area contributed by atoms with Crippen molar-refractivity contribution in [3.63, 3.8) is 0 Å². The Bertz CT molecular complexity index is 2070. The number of aromatic hydroxyl groups is 2. The van der Waals surface area contributed by atoms with Gasteiger partial charge in [-0.05, 0) is 122 Å². The number of aliphatic imine (C=N–C) groups is 2. The molecule has 0 aromatic heterocycles. The van der Waals surface area contributed by atoms with Gasteiger partial charge in [-0.3, -0.25) is 9.98 Å². The summed E-state index contributed by atoms with van der Waals surface area (Å²) in [6, 6.07) is 16.4. The van der Waals surface area contributed by atoms with E-state index in [2.05, 4.69) is 64.1 Å². The maximum Gasteiger partial charge on any atom is 2.00 e. The number of phenolic OH excluding ortho intramolecular Hbond substituents is 2. The Hall–Kier alpha value is -5.15. The summed E-state index contributed by atoms with van der Waals surface area (Å²) in [6.07, 6.45) is -3.32. The van der Waals surface area contributed by atoms with Crippen LogP contribution in [0, 0.1) is 27.7 Å². The smallest absolute Gasteiger partial charge is 0.510 e. The zero-order valence-electron chi connectivity index (χ0n) is 40.6. The van der Waals surface area contributed by atoms with Gasteiger partial charge in [0.2, 0.25) is 0 Å². The summed E-state index contributed by atoms with van der Waals surface area (Å²) in [4.78, 5) is 31.1. The van der Waals surface area contributed by atoms with Crippen LogP contribution in [0.25, 0.3) is 0 Å². The van der Waals surface area contributed by atoms with E-state index in [1.807, 2.05) is 109 Å². The van der Waals surface area contributed by atoms with Crippen molar-refractivity contribution in [2.24, 2.45) is 9.98 Å². The quantitative estimate of drug-likeness (QED) is 0.0650. The molecule has 0 unspecified atom stereocenters. The molecule has 0 bridgehead atoms. The van der Waals surface area contributed by atoms with E-state index in [0.29, 0.717) is 11.1 Å². The summed E-state index contributed by atoms with van der Waals surface area (Å²) in [7, 11) is 0. The van der Waals surface area contributed by atoms with Gasteiger partial charge in [-0.1, -0.05) is 132 Å². The SMILES string of the molecule is CC(=Nc1c(C)cccc1C)C(C)=Nc1c(C)cccc1C.CC(C)c1cc(C(C)C)c(C(C)C)c(O)c1OC(=O)[O-].CC(C)c1cc(C(C)C)c(C(C)C)c(O)c1OC(=O)[O-].[Ni+2]. The minimum Gasteiger partial charge on any atom is -0.510 e. The van der Waals surface area contributed by atoms with Crippen molar-refractivity contribution < 1.29 is 56.0 Å². The molecule has 0 amide bonds. The van der Waals surface area contributed by atoms with Crippen LogP contribution in [0.2, 0.25) is 0 Å². The Morgan fingerprint density at radius 1 is 0.492 bits per heavy atom. The standard InChI is InChI=1S/C20H24N2.2C16H24O4.Ni/c1-13-9-7-10-14(2)19(13)21-17(5)18(6)22-20-15(3)11-8-12-16(20)4;2*1-8(2)11-7-12(9(3)4)15(20-16(18)19)14(17)13(11)10(5)6;/h7-12H,1-6H3;2*7-10,17H,1-6H3,(H,18,19);/q;;;+2/p-2.